The highest BCUT2D eigenvalue weighted by molar-refractivity contribution is 6.76. The standard InChI is InChI=1S/C16H20N4O3Si.C10H6N4O2.C6H15ClOSi/c1-24(2,3)9-8-23-11-19-10-17-18-16(19)20-14(21)12-6-4-5-7-13(12)15(20)22;15-8-6-3-1-2-4-7(6)9(16)14(8)10-11-5-12-13-10;1-9(2,3)5-4-8-6-7/h4-7,10H,8-9,11H2,1-3H3;1-5H,(H,11,12,13);4-6H2,1-3H3. The molecule has 4 amide bonds. The van der Waals surface area contributed by atoms with Crippen LogP contribution in [0.4, 0.5) is 11.9 Å². The minimum absolute atomic E-state index is 0.145. The Labute approximate surface area is 291 Å². The smallest absolute Gasteiger partial charge is 0.268 e. The molecule has 0 bridgehead atoms. The lowest BCUT2D eigenvalue weighted by atomic mass is 10.1. The number of rotatable bonds is 11. The largest absolute Gasteiger partial charge is 0.366 e. The van der Waals surface area contributed by atoms with Crippen molar-refractivity contribution in [2.24, 2.45) is 0 Å². The Kier molecular flexibility index (Phi) is 12.5. The zero-order valence-corrected chi connectivity index (χ0v) is 31.2. The quantitative estimate of drug-likeness (QED) is 0.0899. The van der Waals surface area contributed by atoms with E-state index in [2.05, 4.69) is 64.7 Å². The summed E-state index contributed by atoms with van der Waals surface area (Å²) in [6.07, 6.45) is 2.71. The van der Waals surface area contributed by atoms with Crippen LogP contribution in [0.5, 0.6) is 0 Å². The number of halogens is 1. The number of benzene rings is 2. The number of aromatic nitrogens is 6. The molecule has 0 aliphatic carbocycles. The average molecular weight is 725 g/mol. The van der Waals surface area contributed by atoms with Crippen molar-refractivity contribution in [3.8, 4) is 0 Å². The highest BCUT2D eigenvalue weighted by Gasteiger charge is 2.39. The molecule has 260 valence electrons. The summed E-state index contributed by atoms with van der Waals surface area (Å²) in [5.74, 6) is -1.19. The third-order valence-electron chi connectivity index (χ3n) is 7.30. The van der Waals surface area contributed by atoms with E-state index >= 15 is 0 Å². The molecule has 49 heavy (non-hydrogen) atoms. The van der Waals surface area contributed by atoms with Crippen molar-refractivity contribution >= 4 is 63.3 Å². The monoisotopic (exact) mass is 724 g/mol. The Hall–Kier alpha value is -4.36. The van der Waals surface area contributed by atoms with Crippen LogP contribution in [0.2, 0.25) is 51.4 Å². The lowest BCUT2D eigenvalue weighted by Crippen LogP contribution is -2.32. The number of aromatic amines is 1. The minimum atomic E-state index is -1.17. The molecular formula is C32H41ClN8O6Si2. The number of anilines is 2. The zero-order valence-electron chi connectivity index (χ0n) is 28.5. The van der Waals surface area contributed by atoms with E-state index in [0.29, 0.717) is 34.9 Å². The van der Waals surface area contributed by atoms with E-state index in [-0.39, 0.29) is 42.3 Å². The summed E-state index contributed by atoms with van der Waals surface area (Å²) in [5.41, 5.74) is 1.56. The van der Waals surface area contributed by atoms with E-state index in [4.69, 9.17) is 21.1 Å². The number of carbonyl (C=O) groups is 4. The van der Waals surface area contributed by atoms with Gasteiger partial charge in [-0.15, -0.1) is 10.2 Å². The second-order valence-corrected chi connectivity index (χ2v) is 25.0. The fourth-order valence-corrected chi connectivity index (χ4v) is 6.17. The van der Waals surface area contributed by atoms with Crippen molar-refractivity contribution in [1.29, 1.82) is 0 Å². The molecule has 2 aliphatic rings. The summed E-state index contributed by atoms with van der Waals surface area (Å²) in [6.45, 7) is 15.5. The molecule has 4 heterocycles. The van der Waals surface area contributed by atoms with Gasteiger partial charge in [-0.05, 0) is 36.4 Å². The van der Waals surface area contributed by atoms with E-state index in [1.54, 1.807) is 53.1 Å². The molecule has 0 fully saturated rings. The van der Waals surface area contributed by atoms with Crippen molar-refractivity contribution in [1.82, 2.24) is 29.9 Å². The molecule has 0 saturated heterocycles. The van der Waals surface area contributed by atoms with Gasteiger partial charge >= 0.3 is 0 Å². The Balaban J connectivity index is 0.000000186. The van der Waals surface area contributed by atoms with Gasteiger partial charge in [-0.2, -0.15) is 10.1 Å². The first-order valence-electron chi connectivity index (χ1n) is 15.6. The van der Waals surface area contributed by atoms with Gasteiger partial charge in [-0.25, -0.2) is 14.9 Å². The maximum absolute atomic E-state index is 12.5. The van der Waals surface area contributed by atoms with Crippen LogP contribution in [-0.4, -0.2) is 89.0 Å². The molecule has 4 aromatic rings. The number of imide groups is 2. The molecule has 0 spiro atoms. The van der Waals surface area contributed by atoms with Crippen molar-refractivity contribution in [3.63, 3.8) is 0 Å². The second-order valence-electron chi connectivity index (χ2n) is 13.6. The van der Waals surface area contributed by atoms with Gasteiger partial charge in [0.1, 0.15) is 25.5 Å². The van der Waals surface area contributed by atoms with Crippen LogP contribution in [0.15, 0.2) is 61.2 Å². The lowest BCUT2D eigenvalue weighted by Gasteiger charge is -2.17. The van der Waals surface area contributed by atoms with Gasteiger partial charge in [0.15, 0.2) is 0 Å². The first-order chi connectivity index (χ1) is 23.2. The number of amides is 4. The fourth-order valence-electron chi connectivity index (χ4n) is 4.55. The predicted molar refractivity (Wildman–Crippen MR) is 190 cm³/mol. The van der Waals surface area contributed by atoms with Crippen LogP contribution >= 0.6 is 11.6 Å². The van der Waals surface area contributed by atoms with E-state index in [9.17, 15) is 19.2 Å². The van der Waals surface area contributed by atoms with Gasteiger partial charge in [-0.1, -0.05) is 75.1 Å². The zero-order chi connectivity index (χ0) is 35.8. The van der Waals surface area contributed by atoms with Crippen LogP contribution in [-0.2, 0) is 16.2 Å². The van der Waals surface area contributed by atoms with Crippen LogP contribution in [0.1, 0.15) is 41.4 Å². The molecule has 2 aliphatic heterocycles. The van der Waals surface area contributed by atoms with Gasteiger partial charge in [0, 0.05) is 29.4 Å². The maximum atomic E-state index is 12.5. The van der Waals surface area contributed by atoms with Crippen LogP contribution < -0.4 is 9.80 Å². The highest BCUT2D eigenvalue weighted by atomic mass is 35.5. The van der Waals surface area contributed by atoms with Gasteiger partial charge in [0.25, 0.3) is 23.6 Å². The molecular weight excluding hydrogens is 684 g/mol. The molecule has 0 saturated carbocycles. The van der Waals surface area contributed by atoms with Crippen molar-refractivity contribution in [3.05, 3.63) is 83.4 Å². The van der Waals surface area contributed by atoms with E-state index in [0.717, 1.165) is 22.5 Å². The number of hydrogen-bond donors (Lipinski definition) is 1. The van der Waals surface area contributed by atoms with Gasteiger partial charge < -0.3 is 9.47 Å². The van der Waals surface area contributed by atoms with E-state index < -0.39 is 16.1 Å². The molecule has 1 N–H and O–H groups in total. The molecule has 2 aromatic carbocycles. The van der Waals surface area contributed by atoms with Crippen LogP contribution in [0.3, 0.4) is 0 Å². The van der Waals surface area contributed by atoms with Crippen LogP contribution in [0.25, 0.3) is 0 Å². The number of hydrogen-bond acceptors (Lipinski definition) is 10. The summed E-state index contributed by atoms with van der Waals surface area (Å²) in [6, 6.07) is 16.0. The van der Waals surface area contributed by atoms with Crippen LogP contribution in [0, 0.1) is 0 Å². The normalized spacial score (nSPS) is 13.9. The van der Waals surface area contributed by atoms with E-state index in [1.165, 1.54) is 18.7 Å². The molecule has 0 radical (unpaired) electrons. The Morgan fingerprint density at radius 2 is 1.18 bits per heavy atom. The topological polar surface area (TPSA) is 165 Å². The first kappa shape index (κ1) is 37.5. The second kappa shape index (κ2) is 16.4. The molecule has 2 aromatic heterocycles. The van der Waals surface area contributed by atoms with Crippen molar-refractivity contribution < 1.29 is 28.7 Å². The average Bonchev–Trinajstić information content (AvgIpc) is 3.84. The number of nitrogens with one attached hydrogen (secondary N) is 1. The van der Waals surface area contributed by atoms with Gasteiger partial charge in [0.2, 0.25) is 11.9 Å². The summed E-state index contributed by atoms with van der Waals surface area (Å²) in [7, 11) is -2.05. The number of H-pyrrole nitrogens is 1. The fraction of sp³-hybridized carbons (Fsp3) is 0.375. The Morgan fingerprint density at radius 1 is 0.714 bits per heavy atom. The minimum Gasteiger partial charge on any atom is -0.366 e. The van der Waals surface area contributed by atoms with E-state index in [1.807, 2.05) is 0 Å². The number of carbonyl (C=O) groups excluding carboxylic acids is 4. The SMILES string of the molecule is C[Si](C)(C)CCOCCl.C[Si](C)(C)CCOCn1cnnc1N1C(=O)c2ccccc2C1=O.O=C1c2ccccc2C(=O)N1c1ncn[nH]1. The van der Waals surface area contributed by atoms with Crippen molar-refractivity contribution in [2.45, 2.75) is 58.1 Å². The Bertz CT molecular complexity index is 1700. The van der Waals surface area contributed by atoms with Crippen molar-refractivity contribution in [2.75, 3.05) is 29.1 Å². The Morgan fingerprint density at radius 3 is 1.61 bits per heavy atom. The third-order valence-corrected chi connectivity index (χ3v) is 10.9. The lowest BCUT2D eigenvalue weighted by molar-refractivity contribution is 0.0844. The number of alkyl halides is 1. The predicted octanol–water partition coefficient (Wildman–Crippen LogP) is 5.53. The maximum Gasteiger partial charge on any atom is 0.268 e. The number of fused-ring (bicyclic) bond motifs is 2. The molecule has 0 unspecified atom stereocenters. The summed E-state index contributed by atoms with van der Waals surface area (Å²) in [4.78, 5) is 54.7. The van der Waals surface area contributed by atoms with Gasteiger partial charge in [-0.3, -0.25) is 23.7 Å². The van der Waals surface area contributed by atoms with Gasteiger partial charge in [0.05, 0.1) is 22.3 Å². The molecule has 0 atom stereocenters. The summed E-state index contributed by atoms with van der Waals surface area (Å²) in [5, 5.41) is 13.9. The molecule has 14 nitrogen and oxygen atoms in total. The summed E-state index contributed by atoms with van der Waals surface area (Å²) >= 11 is 5.32. The molecule has 6 rings (SSSR count). The third kappa shape index (κ3) is 9.63. The first-order valence-corrected chi connectivity index (χ1v) is 23.6. The number of nitrogens with zero attached hydrogens (tertiary/aromatic N) is 7. The molecule has 17 heteroatoms. The highest BCUT2D eigenvalue weighted by Crippen LogP contribution is 2.27. The number of ether oxygens (including phenoxy) is 2. The summed E-state index contributed by atoms with van der Waals surface area (Å²) < 4.78 is 12.3.